The normalized spacial score (nSPS) is 21.1. The molecule has 1 aliphatic rings. The van der Waals surface area contributed by atoms with Gasteiger partial charge in [0, 0.05) is 11.7 Å². The van der Waals surface area contributed by atoms with Crippen LogP contribution in [0.4, 0.5) is 0 Å². The van der Waals surface area contributed by atoms with E-state index >= 15 is 0 Å². The number of rotatable bonds is 4. The quantitative estimate of drug-likeness (QED) is 0.709. The van der Waals surface area contributed by atoms with Crippen molar-refractivity contribution in [1.82, 2.24) is 5.32 Å². The third-order valence-electron chi connectivity index (χ3n) is 2.96. The molecule has 0 spiro atoms. The fraction of sp³-hybridized carbons (Fsp3) is 0.500. The molecule has 1 aliphatic carbocycles. The molecule has 1 atom stereocenters. The van der Waals surface area contributed by atoms with Crippen LogP contribution < -0.4 is 5.32 Å². The molecular formula is C16H25N. The summed E-state index contributed by atoms with van der Waals surface area (Å²) in [6.45, 7) is 12.7. The van der Waals surface area contributed by atoms with Gasteiger partial charge in [0.15, 0.2) is 0 Å². The second kappa shape index (κ2) is 5.90. The van der Waals surface area contributed by atoms with Crippen molar-refractivity contribution in [2.45, 2.75) is 46.6 Å². The SMILES string of the molecule is C=C/C(=C\CC)NC1C=CC(C(C)(C)C)=CC1. The lowest BCUT2D eigenvalue weighted by Crippen LogP contribution is -2.27. The Hall–Kier alpha value is -1.24. The summed E-state index contributed by atoms with van der Waals surface area (Å²) in [6.07, 6.45) is 13.0. The van der Waals surface area contributed by atoms with Crippen LogP contribution >= 0.6 is 0 Å². The molecular weight excluding hydrogens is 206 g/mol. The van der Waals surface area contributed by atoms with Crippen LogP contribution in [0.25, 0.3) is 0 Å². The van der Waals surface area contributed by atoms with Gasteiger partial charge < -0.3 is 5.32 Å². The lowest BCUT2D eigenvalue weighted by atomic mass is 9.83. The van der Waals surface area contributed by atoms with Gasteiger partial charge in [-0.25, -0.2) is 0 Å². The molecule has 1 nitrogen and oxygen atoms in total. The lowest BCUT2D eigenvalue weighted by Gasteiger charge is -2.26. The van der Waals surface area contributed by atoms with Crippen molar-refractivity contribution in [2.75, 3.05) is 0 Å². The number of hydrogen-bond donors (Lipinski definition) is 1. The molecule has 0 saturated carbocycles. The van der Waals surface area contributed by atoms with Gasteiger partial charge in [0.2, 0.25) is 0 Å². The van der Waals surface area contributed by atoms with Crippen LogP contribution in [0.3, 0.4) is 0 Å². The molecule has 1 heteroatoms. The molecule has 1 rings (SSSR count). The Bertz CT molecular complexity index is 350. The van der Waals surface area contributed by atoms with Crippen LogP contribution in [0, 0.1) is 5.41 Å². The molecule has 0 amide bonds. The summed E-state index contributed by atoms with van der Waals surface area (Å²) in [4.78, 5) is 0. The number of allylic oxidation sites excluding steroid dienone is 4. The highest BCUT2D eigenvalue weighted by molar-refractivity contribution is 5.31. The van der Waals surface area contributed by atoms with E-state index in [1.165, 1.54) is 5.57 Å². The van der Waals surface area contributed by atoms with Gasteiger partial charge in [0.25, 0.3) is 0 Å². The Kier molecular flexibility index (Phi) is 4.80. The Morgan fingerprint density at radius 2 is 2.24 bits per heavy atom. The summed E-state index contributed by atoms with van der Waals surface area (Å²) in [5.74, 6) is 0. The third-order valence-corrected chi connectivity index (χ3v) is 2.96. The molecule has 0 aromatic heterocycles. The molecule has 94 valence electrons. The van der Waals surface area contributed by atoms with E-state index < -0.39 is 0 Å². The maximum Gasteiger partial charge on any atom is 0.0482 e. The molecule has 0 aromatic carbocycles. The van der Waals surface area contributed by atoms with E-state index in [2.05, 4.69) is 63.9 Å². The first-order valence-electron chi connectivity index (χ1n) is 6.45. The van der Waals surface area contributed by atoms with E-state index in [1.807, 2.05) is 6.08 Å². The van der Waals surface area contributed by atoms with Gasteiger partial charge in [-0.3, -0.25) is 0 Å². The standard InChI is InChI=1S/C16H25N/c1-6-8-14(7-2)17-15-11-9-13(10-12-15)16(3,4)5/h7-11,15,17H,2,6,12H2,1,3-5H3/b14-8+. The predicted octanol–water partition coefficient (Wildman–Crippen LogP) is 4.36. The fourth-order valence-electron chi connectivity index (χ4n) is 1.92. The van der Waals surface area contributed by atoms with Crippen molar-refractivity contribution in [3.8, 4) is 0 Å². The molecule has 0 aromatic rings. The predicted molar refractivity (Wildman–Crippen MR) is 76.8 cm³/mol. The molecule has 0 radical (unpaired) electrons. The van der Waals surface area contributed by atoms with E-state index in [0.717, 1.165) is 18.5 Å². The highest BCUT2D eigenvalue weighted by atomic mass is 14.9. The molecule has 17 heavy (non-hydrogen) atoms. The minimum atomic E-state index is 0.252. The van der Waals surface area contributed by atoms with Gasteiger partial charge in [0.05, 0.1) is 0 Å². The first-order chi connectivity index (χ1) is 7.97. The Labute approximate surface area is 106 Å². The van der Waals surface area contributed by atoms with E-state index in [9.17, 15) is 0 Å². The summed E-state index contributed by atoms with van der Waals surface area (Å²) in [7, 11) is 0. The zero-order valence-electron chi connectivity index (χ0n) is 11.6. The minimum absolute atomic E-state index is 0.252. The minimum Gasteiger partial charge on any atom is -0.379 e. The highest BCUT2D eigenvalue weighted by Gasteiger charge is 2.18. The van der Waals surface area contributed by atoms with Gasteiger partial charge in [0.1, 0.15) is 0 Å². The zero-order valence-corrected chi connectivity index (χ0v) is 11.6. The average molecular weight is 231 g/mol. The average Bonchev–Trinajstić information content (AvgIpc) is 2.28. The summed E-state index contributed by atoms with van der Waals surface area (Å²) in [5, 5.41) is 3.49. The number of nitrogens with one attached hydrogen (secondary N) is 1. The van der Waals surface area contributed by atoms with E-state index in [1.54, 1.807) is 0 Å². The van der Waals surface area contributed by atoms with Crippen LogP contribution in [0.1, 0.15) is 40.5 Å². The van der Waals surface area contributed by atoms with Crippen LogP contribution in [0.15, 0.2) is 48.2 Å². The molecule has 1 N–H and O–H groups in total. The highest BCUT2D eigenvalue weighted by Crippen LogP contribution is 2.29. The second-order valence-corrected chi connectivity index (χ2v) is 5.53. The maximum absolute atomic E-state index is 3.83. The molecule has 0 saturated heterocycles. The Morgan fingerprint density at radius 1 is 1.53 bits per heavy atom. The van der Waals surface area contributed by atoms with Crippen molar-refractivity contribution in [3.63, 3.8) is 0 Å². The summed E-state index contributed by atoms with van der Waals surface area (Å²) in [5.41, 5.74) is 2.81. The number of hydrogen-bond acceptors (Lipinski definition) is 1. The fourth-order valence-corrected chi connectivity index (χ4v) is 1.92. The van der Waals surface area contributed by atoms with Crippen LogP contribution in [-0.4, -0.2) is 6.04 Å². The summed E-state index contributed by atoms with van der Waals surface area (Å²) in [6, 6.07) is 0.400. The topological polar surface area (TPSA) is 12.0 Å². The van der Waals surface area contributed by atoms with E-state index in [-0.39, 0.29) is 5.41 Å². The smallest absolute Gasteiger partial charge is 0.0482 e. The van der Waals surface area contributed by atoms with E-state index in [0.29, 0.717) is 6.04 Å². The van der Waals surface area contributed by atoms with Crippen LogP contribution in [0.2, 0.25) is 0 Å². The summed E-state index contributed by atoms with van der Waals surface area (Å²) < 4.78 is 0. The lowest BCUT2D eigenvalue weighted by molar-refractivity contribution is 0.507. The van der Waals surface area contributed by atoms with Gasteiger partial charge in [-0.15, -0.1) is 0 Å². The molecule has 0 heterocycles. The second-order valence-electron chi connectivity index (χ2n) is 5.53. The molecule has 0 aliphatic heterocycles. The first-order valence-corrected chi connectivity index (χ1v) is 6.45. The molecule has 0 fully saturated rings. The van der Waals surface area contributed by atoms with Gasteiger partial charge in [-0.2, -0.15) is 0 Å². The monoisotopic (exact) mass is 231 g/mol. The van der Waals surface area contributed by atoms with Crippen molar-refractivity contribution >= 4 is 0 Å². The Morgan fingerprint density at radius 3 is 2.65 bits per heavy atom. The van der Waals surface area contributed by atoms with Gasteiger partial charge in [-0.05, 0) is 29.9 Å². The molecule has 0 bridgehead atoms. The zero-order chi connectivity index (χ0) is 12.9. The third kappa shape index (κ3) is 4.26. The van der Waals surface area contributed by atoms with Gasteiger partial charge in [-0.1, -0.05) is 58.6 Å². The van der Waals surface area contributed by atoms with E-state index in [4.69, 9.17) is 0 Å². The maximum atomic E-state index is 3.83. The van der Waals surface area contributed by atoms with Gasteiger partial charge >= 0.3 is 0 Å². The van der Waals surface area contributed by atoms with Crippen molar-refractivity contribution in [1.29, 1.82) is 0 Å². The summed E-state index contributed by atoms with van der Waals surface area (Å²) >= 11 is 0. The first kappa shape index (κ1) is 13.8. The van der Waals surface area contributed by atoms with Crippen molar-refractivity contribution in [3.05, 3.63) is 48.2 Å². The largest absolute Gasteiger partial charge is 0.379 e. The van der Waals surface area contributed by atoms with Crippen LogP contribution in [-0.2, 0) is 0 Å². The Balaban J connectivity index is 2.60. The van der Waals surface area contributed by atoms with Crippen molar-refractivity contribution < 1.29 is 0 Å². The van der Waals surface area contributed by atoms with Crippen molar-refractivity contribution in [2.24, 2.45) is 5.41 Å². The molecule has 1 unspecified atom stereocenters. The van der Waals surface area contributed by atoms with Crippen LogP contribution in [0.5, 0.6) is 0 Å².